The Morgan fingerprint density at radius 1 is 0.889 bits per heavy atom. The van der Waals surface area contributed by atoms with E-state index in [4.69, 9.17) is 14.2 Å². The molecule has 0 radical (unpaired) electrons. The van der Waals surface area contributed by atoms with Crippen molar-refractivity contribution in [1.29, 1.82) is 0 Å². The first kappa shape index (κ1) is 20.1. The molecular weight excluding hydrogens is 358 g/mol. The number of carbonyl (C=O) groups excluding carboxylic acids is 5. The maximum absolute atomic E-state index is 12.8. The van der Waals surface area contributed by atoms with Crippen LogP contribution in [0.25, 0.3) is 0 Å². The molecule has 1 aromatic carbocycles. The average Bonchev–Trinajstić information content (AvgIpc) is 2.80. The van der Waals surface area contributed by atoms with Gasteiger partial charge in [0, 0.05) is 20.8 Å². The summed E-state index contributed by atoms with van der Waals surface area (Å²) in [6, 6.07) is 7.45. The lowest BCUT2D eigenvalue weighted by Crippen LogP contribution is -2.39. The predicted octanol–water partition coefficient (Wildman–Crippen LogP) is 0.523. The Bertz CT molecular complexity index is 726. The van der Waals surface area contributed by atoms with Crippen molar-refractivity contribution in [3.8, 4) is 0 Å². The van der Waals surface area contributed by atoms with E-state index in [-0.39, 0.29) is 6.61 Å². The Morgan fingerprint density at radius 3 is 1.78 bits per heavy atom. The first-order valence-electron chi connectivity index (χ1n) is 8.12. The summed E-state index contributed by atoms with van der Waals surface area (Å²) in [4.78, 5) is 60.3. The molecule has 0 bridgehead atoms. The number of imide groups is 1. The van der Waals surface area contributed by atoms with E-state index in [1.807, 2.05) is 0 Å². The Hall–Kier alpha value is -3.23. The molecule has 27 heavy (non-hydrogen) atoms. The van der Waals surface area contributed by atoms with E-state index in [2.05, 4.69) is 0 Å². The van der Waals surface area contributed by atoms with Crippen molar-refractivity contribution < 1.29 is 38.2 Å². The lowest BCUT2D eigenvalue weighted by molar-refractivity contribution is -0.167. The van der Waals surface area contributed by atoms with E-state index in [0.717, 1.165) is 18.7 Å². The second-order valence-electron chi connectivity index (χ2n) is 5.84. The van der Waals surface area contributed by atoms with Crippen molar-refractivity contribution in [1.82, 2.24) is 4.90 Å². The fourth-order valence-electron chi connectivity index (χ4n) is 2.72. The molecule has 0 N–H and O–H groups in total. The number of likely N-dealkylation sites (tertiary alicyclic amines) is 1. The van der Waals surface area contributed by atoms with Crippen LogP contribution in [0.5, 0.6) is 0 Å². The van der Waals surface area contributed by atoms with E-state index < -0.39 is 48.0 Å². The lowest BCUT2D eigenvalue weighted by Gasteiger charge is -2.26. The number of rotatable bonds is 6. The van der Waals surface area contributed by atoms with Crippen molar-refractivity contribution in [2.24, 2.45) is 0 Å². The minimum atomic E-state index is -1.59. The monoisotopic (exact) mass is 377 g/mol. The highest BCUT2D eigenvalue weighted by Gasteiger charge is 2.54. The number of hydrogen-bond acceptors (Lipinski definition) is 8. The first-order valence-corrected chi connectivity index (χ1v) is 8.12. The molecule has 0 spiro atoms. The Kier molecular flexibility index (Phi) is 6.27. The van der Waals surface area contributed by atoms with Gasteiger partial charge in [-0.15, -0.1) is 0 Å². The molecule has 1 heterocycles. The minimum absolute atomic E-state index is 0.295. The SMILES string of the molecule is CC(=O)OCC(c1ccccc1)N1C(=O)C(OC(C)=O)[C@H](OC(C)=O)C1=O. The quantitative estimate of drug-likeness (QED) is 0.400. The van der Waals surface area contributed by atoms with Gasteiger partial charge in [-0.3, -0.25) is 28.9 Å². The summed E-state index contributed by atoms with van der Waals surface area (Å²) in [7, 11) is 0. The van der Waals surface area contributed by atoms with Crippen LogP contribution >= 0.6 is 0 Å². The van der Waals surface area contributed by atoms with Crippen LogP contribution in [0.4, 0.5) is 0 Å². The predicted molar refractivity (Wildman–Crippen MR) is 88.8 cm³/mol. The summed E-state index contributed by atoms with van der Waals surface area (Å²) < 4.78 is 14.8. The maximum atomic E-state index is 12.8. The molecule has 0 aromatic heterocycles. The van der Waals surface area contributed by atoms with Crippen molar-refractivity contribution in [2.45, 2.75) is 39.0 Å². The molecular formula is C18H19NO8. The highest BCUT2D eigenvalue weighted by Crippen LogP contribution is 2.30. The molecule has 2 amide bonds. The molecule has 3 atom stereocenters. The summed E-state index contributed by atoms with van der Waals surface area (Å²) in [5.74, 6) is -3.93. The third-order valence-corrected chi connectivity index (χ3v) is 3.76. The summed E-state index contributed by atoms with van der Waals surface area (Å²) in [6.45, 7) is 3.03. The van der Waals surface area contributed by atoms with Crippen LogP contribution in [0.3, 0.4) is 0 Å². The van der Waals surface area contributed by atoms with Gasteiger partial charge in [0.25, 0.3) is 11.8 Å². The maximum Gasteiger partial charge on any atom is 0.303 e. The number of benzene rings is 1. The van der Waals surface area contributed by atoms with Crippen LogP contribution < -0.4 is 0 Å². The topological polar surface area (TPSA) is 116 Å². The number of hydrogen-bond donors (Lipinski definition) is 0. The number of carbonyl (C=O) groups is 5. The Morgan fingerprint density at radius 2 is 1.37 bits per heavy atom. The van der Waals surface area contributed by atoms with Gasteiger partial charge in [0.2, 0.25) is 12.2 Å². The van der Waals surface area contributed by atoms with Gasteiger partial charge in [0.15, 0.2) is 0 Å². The third-order valence-electron chi connectivity index (χ3n) is 3.76. The van der Waals surface area contributed by atoms with Crippen molar-refractivity contribution in [2.75, 3.05) is 6.61 Å². The van der Waals surface area contributed by atoms with Crippen molar-refractivity contribution in [3.05, 3.63) is 35.9 Å². The zero-order valence-corrected chi connectivity index (χ0v) is 15.0. The van der Waals surface area contributed by atoms with E-state index in [9.17, 15) is 24.0 Å². The second kappa shape index (κ2) is 8.43. The molecule has 9 heteroatoms. The number of ether oxygens (including phenoxy) is 3. The van der Waals surface area contributed by atoms with E-state index in [1.54, 1.807) is 30.3 Å². The second-order valence-corrected chi connectivity index (χ2v) is 5.84. The molecule has 0 saturated carbocycles. The number of nitrogens with zero attached hydrogens (tertiary/aromatic N) is 1. The lowest BCUT2D eigenvalue weighted by atomic mass is 10.1. The summed E-state index contributed by atoms with van der Waals surface area (Å²) in [6.07, 6.45) is -3.19. The number of esters is 3. The summed E-state index contributed by atoms with van der Waals surface area (Å²) in [5.41, 5.74) is 0.519. The van der Waals surface area contributed by atoms with Crippen LogP contribution in [-0.2, 0) is 38.2 Å². The van der Waals surface area contributed by atoms with Gasteiger partial charge < -0.3 is 14.2 Å². The van der Waals surface area contributed by atoms with Crippen molar-refractivity contribution in [3.63, 3.8) is 0 Å². The largest absolute Gasteiger partial charge is 0.463 e. The van der Waals surface area contributed by atoms with Gasteiger partial charge in [-0.1, -0.05) is 30.3 Å². The van der Waals surface area contributed by atoms with Crippen LogP contribution in [0, 0.1) is 0 Å². The zero-order valence-electron chi connectivity index (χ0n) is 15.0. The van der Waals surface area contributed by atoms with Gasteiger partial charge in [-0.2, -0.15) is 0 Å². The standard InChI is InChI=1S/C18H19NO8/c1-10(20)25-9-14(13-7-5-4-6-8-13)19-17(23)15(26-11(2)21)16(18(19)24)27-12(3)22/h4-8,14-16H,9H2,1-3H3/t14?,15-,16?/m0/s1. The molecule has 1 aliphatic rings. The van der Waals surface area contributed by atoms with Gasteiger partial charge in [-0.05, 0) is 5.56 Å². The van der Waals surface area contributed by atoms with Crippen LogP contribution in [-0.4, -0.2) is 53.4 Å². The molecule has 1 aliphatic heterocycles. The Labute approximate surface area is 155 Å². The first-order chi connectivity index (χ1) is 12.7. The fourth-order valence-corrected chi connectivity index (χ4v) is 2.72. The van der Waals surface area contributed by atoms with Gasteiger partial charge >= 0.3 is 17.9 Å². The van der Waals surface area contributed by atoms with Crippen molar-refractivity contribution >= 4 is 29.7 Å². The van der Waals surface area contributed by atoms with Gasteiger partial charge in [0.1, 0.15) is 6.61 Å². The van der Waals surface area contributed by atoms with Gasteiger partial charge in [0.05, 0.1) is 6.04 Å². The van der Waals surface area contributed by atoms with E-state index in [1.165, 1.54) is 6.92 Å². The molecule has 1 saturated heterocycles. The smallest absolute Gasteiger partial charge is 0.303 e. The highest BCUT2D eigenvalue weighted by atomic mass is 16.6. The molecule has 0 aliphatic carbocycles. The average molecular weight is 377 g/mol. The number of amides is 2. The Balaban J connectivity index is 2.42. The molecule has 1 fully saturated rings. The van der Waals surface area contributed by atoms with E-state index in [0.29, 0.717) is 5.56 Å². The summed E-state index contributed by atoms with van der Waals surface area (Å²) in [5, 5.41) is 0. The normalized spacial score (nSPS) is 20.2. The summed E-state index contributed by atoms with van der Waals surface area (Å²) >= 11 is 0. The molecule has 9 nitrogen and oxygen atoms in total. The molecule has 144 valence electrons. The fraction of sp³-hybridized carbons (Fsp3) is 0.389. The van der Waals surface area contributed by atoms with Crippen LogP contribution in [0.2, 0.25) is 0 Å². The van der Waals surface area contributed by atoms with Crippen LogP contribution in [0.15, 0.2) is 30.3 Å². The van der Waals surface area contributed by atoms with Gasteiger partial charge in [-0.25, -0.2) is 0 Å². The molecule has 2 unspecified atom stereocenters. The minimum Gasteiger partial charge on any atom is -0.463 e. The van der Waals surface area contributed by atoms with E-state index >= 15 is 0 Å². The van der Waals surface area contributed by atoms with Crippen LogP contribution in [0.1, 0.15) is 32.4 Å². The zero-order chi connectivity index (χ0) is 20.1. The third kappa shape index (κ3) is 4.69. The molecule has 2 rings (SSSR count). The highest BCUT2D eigenvalue weighted by molar-refractivity contribution is 6.09. The molecule has 1 aromatic rings.